The van der Waals surface area contributed by atoms with Gasteiger partial charge in [-0.1, -0.05) is 24.3 Å². The summed E-state index contributed by atoms with van der Waals surface area (Å²) in [6.07, 6.45) is 1.19. The Morgan fingerprint density at radius 1 is 1.31 bits per heavy atom. The average molecular weight is 353 g/mol. The molecule has 0 saturated heterocycles. The fourth-order valence-corrected chi connectivity index (χ4v) is 3.06. The molecule has 3 rings (SSSR count). The summed E-state index contributed by atoms with van der Waals surface area (Å²) in [6.45, 7) is 1.64. The van der Waals surface area contributed by atoms with E-state index in [4.69, 9.17) is 0 Å². The van der Waals surface area contributed by atoms with Crippen LogP contribution in [0.25, 0.3) is 0 Å². The number of anilines is 2. The second kappa shape index (κ2) is 7.35. The molecule has 1 aliphatic heterocycles. The van der Waals surface area contributed by atoms with E-state index in [1.165, 1.54) is 6.07 Å². The quantitative estimate of drug-likeness (QED) is 0.635. The lowest BCUT2D eigenvalue weighted by Gasteiger charge is -2.24. The van der Waals surface area contributed by atoms with Crippen molar-refractivity contribution in [3.8, 4) is 0 Å². The number of rotatable bonds is 5. The number of aryl methyl sites for hydroxylation is 1. The number of nitro groups is 1. The van der Waals surface area contributed by atoms with Crippen molar-refractivity contribution in [3.63, 3.8) is 0 Å². The molecule has 2 N–H and O–H groups in total. The molecule has 7 nitrogen and oxygen atoms in total. The number of fused-ring (bicyclic) bond motifs is 1. The third kappa shape index (κ3) is 3.88. The SMILES string of the molecule is Cc1ccc(NC(=O)CC[C@@H]2Cc3ccccc3NC2=O)cc1[N+](=O)[O-]. The van der Waals surface area contributed by atoms with Crippen molar-refractivity contribution in [2.75, 3.05) is 10.6 Å². The van der Waals surface area contributed by atoms with Gasteiger partial charge in [0, 0.05) is 35.3 Å². The Bertz CT molecular complexity index is 879. The third-order valence-corrected chi connectivity index (χ3v) is 4.52. The molecule has 0 radical (unpaired) electrons. The molecule has 7 heteroatoms. The molecule has 2 aromatic carbocycles. The largest absolute Gasteiger partial charge is 0.326 e. The Morgan fingerprint density at radius 2 is 2.08 bits per heavy atom. The number of carbonyl (C=O) groups excluding carboxylic acids is 2. The summed E-state index contributed by atoms with van der Waals surface area (Å²) in [6, 6.07) is 12.2. The Labute approximate surface area is 150 Å². The van der Waals surface area contributed by atoms with E-state index in [1.54, 1.807) is 19.1 Å². The van der Waals surface area contributed by atoms with E-state index >= 15 is 0 Å². The number of nitro benzene ring substituents is 1. The molecule has 2 amide bonds. The molecule has 1 heterocycles. The van der Waals surface area contributed by atoms with Crippen molar-refractivity contribution in [3.05, 3.63) is 63.7 Å². The van der Waals surface area contributed by atoms with Crippen molar-refractivity contribution in [1.82, 2.24) is 0 Å². The first-order valence-electron chi connectivity index (χ1n) is 8.37. The molecule has 0 spiro atoms. The zero-order valence-electron chi connectivity index (χ0n) is 14.3. The lowest BCUT2D eigenvalue weighted by Crippen LogP contribution is -2.30. The predicted molar refractivity (Wildman–Crippen MR) is 98.0 cm³/mol. The average Bonchev–Trinajstić information content (AvgIpc) is 2.61. The number of nitrogens with zero attached hydrogens (tertiary/aromatic N) is 1. The first-order chi connectivity index (χ1) is 12.4. The standard InChI is InChI=1S/C19H19N3O4/c1-12-6-8-15(11-17(12)22(25)26)20-18(23)9-7-14-10-13-4-2-3-5-16(13)21-19(14)24/h2-6,8,11,14H,7,9-10H2,1H3,(H,20,23)(H,21,24)/t14-/m1/s1. The highest BCUT2D eigenvalue weighted by molar-refractivity contribution is 5.96. The van der Waals surface area contributed by atoms with Crippen molar-refractivity contribution in [2.45, 2.75) is 26.2 Å². The Hall–Kier alpha value is -3.22. The van der Waals surface area contributed by atoms with Crippen molar-refractivity contribution < 1.29 is 14.5 Å². The summed E-state index contributed by atoms with van der Waals surface area (Å²) in [7, 11) is 0. The van der Waals surface area contributed by atoms with Crippen LogP contribution in [0.3, 0.4) is 0 Å². The van der Waals surface area contributed by atoms with Crippen LogP contribution in [0, 0.1) is 23.0 Å². The fourth-order valence-electron chi connectivity index (χ4n) is 3.06. The molecule has 1 atom stereocenters. The van der Waals surface area contributed by atoms with Crippen molar-refractivity contribution >= 4 is 28.9 Å². The van der Waals surface area contributed by atoms with Crippen LogP contribution in [0.4, 0.5) is 17.1 Å². The van der Waals surface area contributed by atoms with Crippen LogP contribution in [0.5, 0.6) is 0 Å². The molecule has 134 valence electrons. The number of carbonyl (C=O) groups is 2. The van der Waals surface area contributed by atoms with Gasteiger partial charge in [0.1, 0.15) is 0 Å². The summed E-state index contributed by atoms with van der Waals surface area (Å²) in [5, 5.41) is 16.5. The van der Waals surface area contributed by atoms with Gasteiger partial charge >= 0.3 is 0 Å². The van der Waals surface area contributed by atoms with E-state index in [0.29, 0.717) is 24.1 Å². The van der Waals surface area contributed by atoms with Gasteiger partial charge in [-0.2, -0.15) is 0 Å². The maximum Gasteiger partial charge on any atom is 0.274 e. The number of nitrogens with one attached hydrogen (secondary N) is 2. The summed E-state index contributed by atoms with van der Waals surface area (Å²) < 4.78 is 0. The summed E-state index contributed by atoms with van der Waals surface area (Å²) >= 11 is 0. The number of para-hydroxylation sites is 1. The molecule has 2 aromatic rings. The maximum atomic E-state index is 12.2. The van der Waals surface area contributed by atoms with E-state index in [-0.39, 0.29) is 29.8 Å². The number of benzene rings is 2. The van der Waals surface area contributed by atoms with Crippen LogP contribution in [-0.4, -0.2) is 16.7 Å². The van der Waals surface area contributed by atoms with Crippen LogP contribution in [0.15, 0.2) is 42.5 Å². The van der Waals surface area contributed by atoms with E-state index in [0.717, 1.165) is 11.3 Å². The lowest BCUT2D eigenvalue weighted by atomic mass is 9.89. The molecule has 0 aliphatic carbocycles. The lowest BCUT2D eigenvalue weighted by molar-refractivity contribution is -0.385. The van der Waals surface area contributed by atoms with E-state index < -0.39 is 4.92 Å². The van der Waals surface area contributed by atoms with E-state index in [9.17, 15) is 19.7 Å². The summed E-state index contributed by atoms with van der Waals surface area (Å²) in [4.78, 5) is 34.8. The van der Waals surface area contributed by atoms with Crippen molar-refractivity contribution in [1.29, 1.82) is 0 Å². The minimum Gasteiger partial charge on any atom is -0.326 e. The maximum absolute atomic E-state index is 12.2. The van der Waals surface area contributed by atoms with Crippen molar-refractivity contribution in [2.24, 2.45) is 5.92 Å². The smallest absolute Gasteiger partial charge is 0.274 e. The molecule has 0 fully saturated rings. The number of amides is 2. The molecular formula is C19H19N3O4. The second-order valence-electron chi connectivity index (χ2n) is 6.39. The van der Waals surface area contributed by atoms with Gasteiger partial charge in [-0.3, -0.25) is 19.7 Å². The van der Waals surface area contributed by atoms with Crippen LogP contribution in [0.2, 0.25) is 0 Å². The van der Waals surface area contributed by atoms with Gasteiger partial charge in [-0.05, 0) is 37.5 Å². The fraction of sp³-hybridized carbons (Fsp3) is 0.263. The van der Waals surface area contributed by atoms with Crippen LogP contribution < -0.4 is 10.6 Å². The van der Waals surface area contributed by atoms with Gasteiger partial charge in [0.05, 0.1) is 4.92 Å². The Balaban J connectivity index is 1.59. The van der Waals surface area contributed by atoms with Crippen LogP contribution in [-0.2, 0) is 16.0 Å². The van der Waals surface area contributed by atoms with Gasteiger partial charge in [0.2, 0.25) is 11.8 Å². The zero-order valence-corrected chi connectivity index (χ0v) is 14.3. The summed E-state index contributed by atoms with van der Waals surface area (Å²) in [5.74, 6) is -0.611. The molecule has 1 aliphatic rings. The predicted octanol–water partition coefficient (Wildman–Crippen LogP) is 3.43. The zero-order chi connectivity index (χ0) is 18.7. The van der Waals surface area contributed by atoms with Gasteiger partial charge in [0.25, 0.3) is 5.69 Å². The van der Waals surface area contributed by atoms with Gasteiger partial charge < -0.3 is 10.6 Å². The summed E-state index contributed by atoms with van der Waals surface area (Å²) in [5.41, 5.74) is 2.76. The normalized spacial score (nSPS) is 15.7. The molecule has 26 heavy (non-hydrogen) atoms. The second-order valence-corrected chi connectivity index (χ2v) is 6.39. The van der Waals surface area contributed by atoms with Crippen LogP contribution >= 0.6 is 0 Å². The van der Waals surface area contributed by atoms with E-state index in [1.807, 2.05) is 24.3 Å². The molecular weight excluding hydrogens is 334 g/mol. The highest BCUT2D eigenvalue weighted by Crippen LogP contribution is 2.28. The minimum atomic E-state index is -0.477. The minimum absolute atomic E-state index is 0.0361. The van der Waals surface area contributed by atoms with Crippen LogP contribution in [0.1, 0.15) is 24.0 Å². The molecule has 0 bridgehead atoms. The van der Waals surface area contributed by atoms with Gasteiger partial charge in [0.15, 0.2) is 0 Å². The monoisotopic (exact) mass is 353 g/mol. The third-order valence-electron chi connectivity index (χ3n) is 4.52. The highest BCUT2D eigenvalue weighted by Gasteiger charge is 2.26. The van der Waals surface area contributed by atoms with Gasteiger partial charge in [-0.15, -0.1) is 0 Å². The first-order valence-corrected chi connectivity index (χ1v) is 8.37. The first kappa shape index (κ1) is 17.6. The Morgan fingerprint density at radius 3 is 2.85 bits per heavy atom. The van der Waals surface area contributed by atoms with E-state index in [2.05, 4.69) is 10.6 Å². The van der Waals surface area contributed by atoms with Gasteiger partial charge in [-0.25, -0.2) is 0 Å². The molecule has 0 aromatic heterocycles. The highest BCUT2D eigenvalue weighted by atomic mass is 16.6. The Kier molecular flexibility index (Phi) is 4.97. The number of hydrogen-bond donors (Lipinski definition) is 2. The molecule has 0 unspecified atom stereocenters. The topological polar surface area (TPSA) is 101 Å². The molecule has 0 saturated carbocycles. The number of hydrogen-bond acceptors (Lipinski definition) is 4.